The van der Waals surface area contributed by atoms with Gasteiger partial charge >= 0.3 is 0 Å². The molecule has 1 fully saturated rings. The van der Waals surface area contributed by atoms with Crippen LogP contribution in [0, 0.1) is 20.8 Å². The number of aryl methyl sites for hydroxylation is 2. The van der Waals surface area contributed by atoms with Crippen LogP contribution in [0.5, 0.6) is 0 Å². The molecule has 0 N–H and O–H groups in total. The van der Waals surface area contributed by atoms with Crippen LogP contribution in [0.15, 0.2) is 24.5 Å². The molecule has 2 aromatic heterocycles. The summed E-state index contributed by atoms with van der Waals surface area (Å²) in [5.41, 5.74) is 4.49. The molecule has 3 rings (SSSR count). The van der Waals surface area contributed by atoms with E-state index in [2.05, 4.69) is 23.9 Å². The second-order valence-corrected chi connectivity index (χ2v) is 7.02. The molecular weight excluding hydrogens is 328 g/mol. The molecule has 0 aliphatic carbocycles. The Kier molecular flexibility index (Phi) is 6.04. The van der Waals surface area contributed by atoms with Crippen LogP contribution in [0.25, 0.3) is 0 Å². The first-order chi connectivity index (χ1) is 12.5. The van der Waals surface area contributed by atoms with Gasteiger partial charge in [0.25, 0.3) is 0 Å². The van der Waals surface area contributed by atoms with Crippen molar-refractivity contribution in [2.75, 3.05) is 13.1 Å². The van der Waals surface area contributed by atoms with Crippen molar-refractivity contribution in [1.82, 2.24) is 19.7 Å². The Hall–Kier alpha value is -2.21. The highest BCUT2D eigenvalue weighted by atomic mass is 16.5. The number of carbonyl (C=O) groups excluding carboxylic acids is 1. The molecule has 0 atom stereocenters. The number of amides is 1. The van der Waals surface area contributed by atoms with E-state index in [0.717, 1.165) is 42.9 Å². The summed E-state index contributed by atoms with van der Waals surface area (Å²) in [5, 5.41) is 4.51. The number of likely N-dealkylation sites (tertiary alicyclic amines) is 1. The van der Waals surface area contributed by atoms with Crippen molar-refractivity contribution in [1.29, 1.82) is 0 Å². The summed E-state index contributed by atoms with van der Waals surface area (Å²) in [7, 11) is 0. The smallest absolute Gasteiger partial charge is 0.224 e. The molecule has 1 aliphatic rings. The van der Waals surface area contributed by atoms with E-state index in [4.69, 9.17) is 4.74 Å². The molecule has 2 aromatic rings. The largest absolute Gasteiger partial charge is 0.373 e. The van der Waals surface area contributed by atoms with Gasteiger partial charge in [-0.25, -0.2) is 0 Å². The molecule has 0 radical (unpaired) electrons. The summed E-state index contributed by atoms with van der Waals surface area (Å²) < 4.78 is 7.92. The van der Waals surface area contributed by atoms with Crippen LogP contribution in [0.2, 0.25) is 0 Å². The molecule has 1 saturated heterocycles. The molecule has 0 saturated carbocycles. The molecule has 26 heavy (non-hydrogen) atoms. The molecule has 6 nitrogen and oxygen atoms in total. The van der Waals surface area contributed by atoms with Crippen LogP contribution in [-0.2, 0) is 22.7 Å². The second kappa shape index (κ2) is 8.45. The van der Waals surface area contributed by atoms with Crippen LogP contribution >= 0.6 is 0 Å². The summed E-state index contributed by atoms with van der Waals surface area (Å²) in [6, 6.07) is 3.94. The number of pyridine rings is 1. The van der Waals surface area contributed by atoms with E-state index in [0.29, 0.717) is 19.6 Å². The molecule has 140 valence electrons. The maximum absolute atomic E-state index is 12.5. The van der Waals surface area contributed by atoms with Crippen molar-refractivity contribution >= 4 is 5.91 Å². The molecule has 0 spiro atoms. The summed E-state index contributed by atoms with van der Waals surface area (Å²) in [6.07, 6.45) is 6.11. The van der Waals surface area contributed by atoms with E-state index in [-0.39, 0.29) is 12.0 Å². The van der Waals surface area contributed by atoms with Crippen molar-refractivity contribution in [2.45, 2.75) is 59.3 Å². The first-order valence-electron chi connectivity index (χ1n) is 9.33. The minimum atomic E-state index is 0.209. The van der Waals surface area contributed by atoms with E-state index in [1.54, 1.807) is 6.20 Å². The summed E-state index contributed by atoms with van der Waals surface area (Å²) in [4.78, 5) is 18.6. The molecule has 1 aliphatic heterocycles. The Labute approximate surface area is 155 Å². The van der Waals surface area contributed by atoms with Gasteiger partial charge in [0, 0.05) is 44.1 Å². The van der Waals surface area contributed by atoms with E-state index in [1.807, 2.05) is 34.8 Å². The topological polar surface area (TPSA) is 60.2 Å². The number of aromatic nitrogens is 3. The van der Waals surface area contributed by atoms with E-state index >= 15 is 0 Å². The molecular formula is C20H28N4O2. The minimum Gasteiger partial charge on any atom is -0.373 e. The first-order valence-corrected chi connectivity index (χ1v) is 9.33. The third-order valence-corrected chi connectivity index (χ3v) is 5.28. The van der Waals surface area contributed by atoms with E-state index in [1.165, 1.54) is 5.56 Å². The van der Waals surface area contributed by atoms with Gasteiger partial charge in [0.05, 0.1) is 18.4 Å². The van der Waals surface area contributed by atoms with E-state index in [9.17, 15) is 4.79 Å². The molecule has 0 unspecified atom stereocenters. The molecule has 0 bridgehead atoms. The summed E-state index contributed by atoms with van der Waals surface area (Å²) >= 11 is 0. The Morgan fingerprint density at radius 3 is 2.65 bits per heavy atom. The zero-order chi connectivity index (χ0) is 18.5. The number of hydrogen-bond donors (Lipinski definition) is 0. The van der Waals surface area contributed by atoms with Crippen molar-refractivity contribution < 1.29 is 9.53 Å². The van der Waals surface area contributed by atoms with Crippen LogP contribution in [-0.4, -0.2) is 44.8 Å². The lowest BCUT2D eigenvalue weighted by molar-refractivity contribution is -0.134. The zero-order valence-corrected chi connectivity index (χ0v) is 15.9. The number of carbonyl (C=O) groups is 1. The Morgan fingerprint density at radius 2 is 2.04 bits per heavy atom. The predicted octanol–water partition coefficient (Wildman–Crippen LogP) is 2.80. The van der Waals surface area contributed by atoms with Crippen LogP contribution in [0.3, 0.4) is 0 Å². The van der Waals surface area contributed by atoms with Gasteiger partial charge in [0.1, 0.15) is 0 Å². The van der Waals surface area contributed by atoms with Crippen LogP contribution in [0.4, 0.5) is 0 Å². The average Bonchev–Trinajstić information content (AvgIpc) is 2.92. The second-order valence-electron chi connectivity index (χ2n) is 7.02. The fourth-order valence-electron chi connectivity index (χ4n) is 3.33. The van der Waals surface area contributed by atoms with Crippen molar-refractivity contribution in [2.24, 2.45) is 0 Å². The first kappa shape index (κ1) is 18.6. The Morgan fingerprint density at radius 1 is 1.27 bits per heavy atom. The molecule has 0 aromatic carbocycles. The minimum absolute atomic E-state index is 0.209. The maximum Gasteiger partial charge on any atom is 0.224 e. The summed E-state index contributed by atoms with van der Waals surface area (Å²) in [5.74, 6) is 0.209. The van der Waals surface area contributed by atoms with Gasteiger partial charge in [0.15, 0.2) is 0 Å². The van der Waals surface area contributed by atoms with Crippen LogP contribution < -0.4 is 0 Å². The van der Waals surface area contributed by atoms with Gasteiger partial charge in [0.2, 0.25) is 5.91 Å². The Bertz CT molecular complexity index is 734. The third-order valence-electron chi connectivity index (χ3n) is 5.28. The number of piperidine rings is 1. The monoisotopic (exact) mass is 356 g/mol. The van der Waals surface area contributed by atoms with Crippen molar-refractivity contribution in [3.8, 4) is 0 Å². The SMILES string of the molecule is Cc1nn(CCC(=O)N2CCC(OCc3cccnc3)CC2)c(C)c1C. The molecule has 6 heteroatoms. The van der Waals surface area contributed by atoms with Gasteiger partial charge in [-0.1, -0.05) is 6.07 Å². The highest BCUT2D eigenvalue weighted by Crippen LogP contribution is 2.17. The Balaban J connectivity index is 1.41. The van der Waals surface area contributed by atoms with Crippen molar-refractivity contribution in [3.05, 3.63) is 47.0 Å². The fraction of sp³-hybridized carbons (Fsp3) is 0.550. The summed E-state index contributed by atoms with van der Waals surface area (Å²) in [6.45, 7) is 8.92. The number of ether oxygens (including phenoxy) is 1. The number of hydrogen-bond acceptors (Lipinski definition) is 4. The van der Waals surface area contributed by atoms with Crippen molar-refractivity contribution in [3.63, 3.8) is 0 Å². The number of nitrogens with zero attached hydrogens (tertiary/aromatic N) is 4. The predicted molar refractivity (Wildman–Crippen MR) is 99.7 cm³/mol. The lowest BCUT2D eigenvalue weighted by atomic mass is 10.1. The van der Waals surface area contributed by atoms with E-state index < -0.39 is 0 Å². The van der Waals surface area contributed by atoms with Gasteiger partial charge in [-0.2, -0.15) is 5.10 Å². The lowest BCUT2D eigenvalue weighted by Gasteiger charge is -2.32. The highest BCUT2D eigenvalue weighted by molar-refractivity contribution is 5.76. The average molecular weight is 356 g/mol. The molecule has 1 amide bonds. The molecule has 3 heterocycles. The fourth-order valence-corrected chi connectivity index (χ4v) is 3.33. The maximum atomic E-state index is 12.5. The zero-order valence-electron chi connectivity index (χ0n) is 15.9. The highest BCUT2D eigenvalue weighted by Gasteiger charge is 2.23. The number of rotatable bonds is 6. The van der Waals surface area contributed by atoms with Gasteiger partial charge in [-0.15, -0.1) is 0 Å². The normalized spacial score (nSPS) is 15.4. The lowest BCUT2D eigenvalue weighted by Crippen LogP contribution is -2.41. The van der Waals surface area contributed by atoms with Gasteiger partial charge in [-0.3, -0.25) is 14.5 Å². The standard InChI is InChI=1S/C20H28N4O2/c1-15-16(2)22-24(17(15)3)12-8-20(25)23-10-6-19(7-11-23)26-14-18-5-4-9-21-13-18/h4-5,9,13,19H,6-8,10-12,14H2,1-3H3. The van der Waals surface area contributed by atoms with Crippen LogP contribution in [0.1, 0.15) is 41.8 Å². The quantitative estimate of drug-likeness (QED) is 0.798. The third kappa shape index (κ3) is 4.49. The van der Waals surface area contributed by atoms with Gasteiger partial charge in [-0.05, 0) is 50.8 Å². The van der Waals surface area contributed by atoms with Gasteiger partial charge < -0.3 is 9.64 Å².